The second-order valence-corrected chi connectivity index (χ2v) is 16.2. The van der Waals surface area contributed by atoms with Gasteiger partial charge in [0, 0.05) is 46.8 Å². The third kappa shape index (κ3) is 9.13. The molecule has 1 aromatic heterocycles. The van der Waals surface area contributed by atoms with E-state index < -0.39 is 79.5 Å². The molecule has 1 aromatic carbocycles. The lowest BCUT2D eigenvalue weighted by Gasteiger charge is -2.35. The van der Waals surface area contributed by atoms with Crippen LogP contribution in [-0.2, 0) is 24.5 Å². The molecule has 2 aliphatic carbocycles. The van der Waals surface area contributed by atoms with E-state index in [0.717, 1.165) is 25.3 Å². The summed E-state index contributed by atoms with van der Waals surface area (Å²) >= 11 is 0.577. The van der Waals surface area contributed by atoms with Crippen molar-refractivity contribution in [2.45, 2.75) is 79.3 Å². The number of hydrogen-bond donors (Lipinski definition) is 3. The highest BCUT2D eigenvalue weighted by Gasteiger charge is 2.47. The third-order valence-corrected chi connectivity index (χ3v) is 10.1. The Morgan fingerprint density at radius 2 is 1.80 bits per heavy atom. The van der Waals surface area contributed by atoms with Crippen molar-refractivity contribution in [3.63, 3.8) is 0 Å². The molecule has 2 saturated carbocycles. The van der Waals surface area contributed by atoms with Gasteiger partial charge in [-0.15, -0.1) is 0 Å². The lowest BCUT2D eigenvalue weighted by molar-refractivity contribution is -0.119. The lowest BCUT2D eigenvalue weighted by Crippen LogP contribution is -2.50. The smallest absolute Gasteiger partial charge is 0.277 e. The van der Waals surface area contributed by atoms with E-state index in [4.69, 9.17) is 0 Å². The standard InChI is InChI=1S/C25H32F4N6O6S3/c1-43(2,38)35-17-10-15(8-9-18(17)44(39,40)34-16-11-25(28,29)12-16)30-22(36)20(14-6-4-3-5-7-14)31-23(37)21-24(33-41-32-21)42-13-19(26)27/h8-10,14,16,19-20,34H,3-7,11-13H2,1-2H3,(H,30,36)(H,31,37)/t20-/m0/s1. The number of carbonyl (C=O) groups is 2. The Hall–Kier alpha value is -2.77. The Balaban J connectivity index is 1.58. The number of nitrogens with one attached hydrogen (secondary N) is 3. The molecule has 19 heteroatoms. The summed E-state index contributed by atoms with van der Waals surface area (Å²) < 4.78 is 101. The molecule has 0 unspecified atom stereocenters. The fraction of sp³-hybridized carbons (Fsp3) is 0.600. The van der Waals surface area contributed by atoms with Crippen LogP contribution in [0.25, 0.3) is 0 Å². The predicted molar refractivity (Wildman–Crippen MR) is 154 cm³/mol. The SMILES string of the molecule is CS(C)(=O)=Nc1cc(NC(=O)[C@@H](NC(=O)c2nonc2SCC(F)F)C2CCCCC2)ccc1S(=O)(=O)NC1CC(F)(F)C1. The molecule has 2 amide bonds. The molecule has 0 bridgehead atoms. The fourth-order valence-electron chi connectivity index (χ4n) is 5.01. The summed E-state index contributed by atoms with van der Waals surface area (Å²) in [7, 11) is -7.26. The van der Waals surface area contributed by atoms with E-state index in [-0.39, 0.29) is 28.0 Å². The average molecular weight is 685 g/mol. The van der Waals surface area contributed by atoms with E-state index in [1.165, 1.54) is 24.6 Å². The molecule has 44 heavy (non-hydrogen) atoms. The summed E-state index contributed by atoms with van der Waals surface area (Å²) in [4.78, 5) is 26.2. The summed E-state index contributed by atoms with van der Waals surface area (Å²) in [6, 6.07) is 1.48. The summed E-state index contributed by atoms with van der Waals surface area (Å²) in [5, 5.41) is 12.1. The fourth-order valence-corrected chi connectivity index (χ4v) is 7.69. The van der Waals surface area contributed by atoms with Gasteiger partial charge in [0.05, 0.1) is 11.4 Å². The maximum Gasteiger partial charge on any atom is 0.277 e. The van der Waals surface area contributed by atoms with Crippen molar-refractivity contribution in [1.29, 1.82) is 0 Å². The molecule has 244 valence electrons. The van der Waals surface area contributed by atoms with E-state index in [9.17, 15) is 39.8 Å². The maximum absolute atomic E-state index is 13.6. The van der Waals surface area contributed by atoms with Gasteiger partial charge in [-0.05, 0) is 47.3 Å². The van der Waals surface area contributed by atoms with Gasteiger partial charge in [-0.1, -0.05) is 31.0 Å². The van der Waals surface area contributed by atoms with Crippen molar-refractivity contribution < 1.29 is 44.4 Å². The molecule has 1 atom stereocenters. The Morgan fingerprint density at radius 1 is 1.11 bits per heavy atom. The van der Waals surface area contributed by atoms with Crippen molar-refractivity contribution in [3.05, 3.63) is 23.9 Å². The van der Waals surface area contributed by atoms with Crippen LogP contribution in [-0.4, -0.2) is 77.5 Å². The van der Waals surface area contributed by atoms with Crippen molar-refractivity contribution in [2.75, 3.05) is 23.6 Å². The molecular weight excluding hydrogens is 653 g/mol. The molecule has 3 N–H and O–H groups in total. The Kier molecular flexibility index (Phi) is 10.6. The number of aromatic nitrogens is 2. The number of alkyl halides is 4. The van der Waals surface area contributed by atoms with Crippen LogP contribution in [0.3, 0.4) is 0 Å². The zero-order valence-corrected chi connectivity index (χ0v) is 26.2. The number of nitrogens with zero attached hydrogens (tertiary/aromatic N) is 3. The van der Waals surface area contributed by atoms with Crippen molar-refractivity contribution in [1.82, 2.24) is 20.4 Å². The number of halogens is 4. The molecule has 0 saturated heterocycles. The Morgan fingerprint density at radius 3 is 2.41 bits per heavy atom. The molecule has 2 aromatic rings. The predicted octanol–water partition coefficient (Wildman–Crippen LogP) is 4.18. The molecule has 1 heterocycles. The highest BCUT2D eigenvalue weighted by Crippen LogP contribution is 2.39. The number of benzene rings is 1. The van der Waals surface area contributed by atoms with Gasteiger partial charge >= 0.3 is 0 Å². The number of thioether (sulfide) groups is 1. The molecule has 0 spiro atoms. The van der Waals surface area contributed by atoms with Crippen LogP contribution in [0.2, 0.25) is 0 Å². The van der Waals surface area contributed by atoms with Crippen molar-refractivity contribution in [2.24, 2.45) is 10.3 Å². The maximum atomic E-state index is 13.6. The van der Waals surface area contributed by atoms with Crippen molar-refractivity contribution >= 4 is 54.7 Å². The molecule has 0 radical (unpaired) electrons. The zero-order valence-electron chi connectivity index (χ0n) is 23.7. The van der Waals surface area contributed by atoms with E-state index in [0.29, 0.717) is 24.6 Å². The first-order chi connectivity index (χ1) is 20.5. The van der Waals surface area contributed by atoms with Crippen LogP contribution in [0.5, 0.6) is 0 Å². The largest absolute Gasteiger partial charge is 0.338 e. The highest BCUT2D eigenvalue weighted by molar-refractivity contribution is 7.99. The van der Waals surface area contributed by atoms with Gasteiger partial charge in [0.2, 0.25) is 28.0 Å². The van der Waals surface area contributed by atoms with Crippen LogP contribution < -0.4 is 15.4 Å². The van der Waals surface area contributed by atoms with E-state index in [1.807, 2.05) is 0 Å². The lowest BCUT2D eigenvalue weighted by atomic mass is 9.83. The molecule has 2 aliphatic rings. The number of sulfonamides is 1. The first-order valence-electron chi connectivity index (χ1n) is 13.6. The number of hydrogen-bond acceptors (Lipinski definition) is 10. The van der Waals surface area contributed by atoms with Gasteiger partial charge in [-0.25, -0.2) is 39.5 Å². The average Bonchev–Trinajstić information content (AvgIpc) is 3.37. The van der Waals surface area contributed by atoms with E-state index >= 15 is 0 Å². The first-order valence-corrected chi connectivity index (χ1v) is 18.4. The number of anilines is 1. The second-order valence-electron chi connectivity index (χ2n) is 11.0. The van der Waals surface area contributed by atoms with E-state index in [2.05, 4.69) is 34.7 Å². The quantitative estimate of drug-likeness (QED) is 0.219. The molecule has 0 aliphatic heterocycles. The van der Waals surface area contributed by atoms with E-state index in [1.54, 1.807) is 0 Å². The normalized spacial score (nSPS) is 18.4. The molecule has 12 nitrogen and oxygen atoms in total. The second kappa shape index (κ2) is 13.7. The van der Waals surface area contributed by atoms with Crippen LogP contribution >= 0.6 is 11.8 Å². The topological polar surface area (TPSA) is 173 Å². The van der Waals surface area contributed by atoms with Gasteiger partial charge in [0.25, 0.3) is 11.8 Å². The van der Waals surface area contributed by atoms with Crippen LogP contribution in [0.15, 0.2) is 37.1 Å². The zero-order chi connectivity index (χ0) is 32.3. The third-order valence-electron chi connectivity index (χ3n) is 6.96. The number of amides is 2. The monoisotopic (exact) mass is 684 g/mol. The van der Waals surface area contributed by atoms with Gasteiger partial charge in [0.1, 0.15) is 10.9 Å². The summed E-state index contributed by atoms with van der Waals surface area (Å²) in [5.74, 6) is -5.41. The molecule has 2 fully saturated rings. The van der Waals surface area contributed by atoms with Gasteiger partial charge < -0.3 is 10.6 Å². The van der Waals surface area contributed by atoms with Gasteiger partial charge in [0.15, 0.2) is 5.03 Å². The minimum Gasteiger partial charge on any atom is -0.338 e. The summed E-state index contributed by atoms with van der Waals surface area (Å²) in [5.41, 5.74) is -0.542. The summed E-state index contributed by atoms with van der Waals surface area (Å²) in [6.07, 6.45) is 2.35. The molecule has 4 rings (SSSR count). The van der Waals surface area contributed by atoms with Gasteiger partial charge in [-0.2, -0.15) is 4.36 Å². The molecular formula is C25H32F4N6O6S3. The Labute approximate surface area is 256 Å². The minimum atomic E-state index is -4.35. The highest BCUT2D eigenvalue weighted by atomic mass is 32.2. The minimum absolute atomic E-state index is 0.0675. The first kappa shape index (κ1) is 34.1. The van der Waals surface area contributed by atoms with Crippen LogP contribution in [0, 0.1) is 5.92 Å². The van der Waals surface area contributed by atoms with Crippen LogP contribution in [0.1, 0.15) is 55.4 Å². The van der Waals surface area contributed by atoms with Gasteiger partial charge in [-0.3, -0.25) is 9.59 Å². The van der Waals surface area contributed by atoms with Crippen molar-refractivity contribution in [3.8, 4) is 0 Å². The number of rotatable bonds is 12. The Bertz CT molecular complexity index is 1590. The van der Waals surface area contributed by atoms with Crippen LogP contribution in [0.4, 0.5) is 28.9 Å². The summed E-state index contributed by atoms with van der Waals surface area (Å²) in [6.45, 7) is 0. The number of carbonyl (C=O) groups excluding carboxylic acids is 2.